The van der Waals surface area contributed by atoms with E-state index in [1.165, 1.54) is 27.8 Å². The molecule has 1 aromatic rings. The zero-order chi connectivity index (χ0) is 44.6. The predicted octanol–water partition coefficient (Wildman–Crippen LogP) is 8.35. The number of carbonyl (C=O) groups excluding carboxylic acids is 2. The van der Waals surface area contributed by atoms with Crippen LogP contribution < -0.4 is 5.32 Å². The summed E-state index contributed by atoms with van der Waals surface area (Å²) in [5.41, 5.74) is 6.93. The number of nitrogens with zero attached hydrogens (tertiary/aromatic N) is 2. The normalized spacial score (nSPS) is 42.2. The number of Topliss-reactive ketones (excluding diaryl/α,β-unsaturated/α-hetero) is 2. The van der Waals surface area contributed by atoms with Gasteiger partial charge in [-0.05, 0) is 154 Å². The minimum atomic E-state index is -0.724. The van der Waals surface area contributed by atoms with Crippen LogP contribution in [0.3, 0.4) is 0 Å². The van der Waals surface area contributed by atoms with Gasteiger partial charge in [-0.2, -0.15) is 0 Å². The molecule has 3 N–H and O–H groups in total. The lowest BCUT2D eigenvalue weighted by Gasteiger charge is -2.70. The number of ketones is 2. The third-order valence-electron chi connectivity index (χ3n) is 19.6. The maximum absolute atomic E-state index is 15.3. The number of aliphatic hydroxyl groups is 2. The van der Waals surface area contributed by atoms with Crippen LogP contribution in [0.5, 0.6) is 0 Å². The number of allylic oxidation sites excluding steroid dienone is 1. The van der Waals surface area contributed by atoms with Gasteiger partial charge in [-0.3, -0.25) is 14.6 Å². The average Bonchev–Trinajstić information content (AvgIpc) is 3.47. The van der Waals surface area contributed by atoms with Crippen molar-refractivity contribution >= 4 is 17.3 Å². The van der Waals surface area contributed by atoms with Crippen LogP contribution >= 0.6 is 0 Å². The van der Waals surface area contributed by atoms with Crippen LogP contribution in [0.25, 0.3) is 0 Å². The van der Waals surface area contributed by atoms with E-state index in [9.17, 15) is 15.0 Å². The van der Waals surface area contributed by atoms with Crippen molar-refractivity contribution in [2.45, 2.75) is 168 Å². The van der Waals surface area contributed by atoms with Gasteiger partial charge in [0.05, 0.1) is 29.6 Å². The monoisotopic (exact) mass is 862 g/mol. The minimum absolute atomic E-state index is 0.0301. The molecule has 2 saturated heterocycles. The summed E-state index contributed by atoms with van der Waals surface area (Å²) in [5, 5.41) is 29.0. The second kappa shape index (κ2) is 15.0. The summed E-state index contributed by atoms with van der Waals surface area (Å²) in [5.74, 6) is 0.789. The fourth-order valence-corrected chi connectivity index (χ4v) is 16.3. The molecule has 0 radical (unpaired) electrons. The van der Waals surface area contributed by atoms with Crippen LogP contribution in [0, 0.1) is 51.8 Å². The van der Waals surface area contributed by atoms with Crippen LogP contribution in [0.1, 0.15) is 142 Å². The van der Waals surface area contributed by atoms with E-state index in [0.29, 0.717) is 43.9 Å². The number of aliphatic hydroxyl groups excluding tert-OH is 2. The highest BCUT2D eigenvalue weighted by atomic mass is 16.6. The fourth-order valence-electron chi connectivity index (χ4n) is 16.3. The van der Waals surface area contributed by atoms with Gasteiger partial charge in [0, 0.05) is 73.7 Å². The standard InChI is InChI=1S/C54H75N3O6/c1-31-22-32(24-35(23-31)33-13-20-62-21-14-33)25-36-29-57-30-37-42-43(50(4,26-39(59)48-49(2,3)63-48)15-10-34-28-56-44(36)45(34)57)38(58)27-54(42,8)53(7)17-11-40-51(5,18-19-55-9)41(60)12-16-52(40,6)47(53)46(37)61/h22-24,28-29,33,37,39-40,45-48,55,59,61H,10-21,25-27,30H2,1-9H3/t37-,39-,40+,45?,46-,47+,48+,50+,51+,52+,53+,54+/m1/s1. The van der Waals surface area contributed by atoms with Gasteiger partial charge in [0.2, 0.25) is 0 Å². The van der Waals surface area contributed by atoms with Gasteiger partial charge in [0.15, 0.2) is 5.78 Å². The lowest BCUT2D eigenvalue weighted by atomic mass is 9.34. The van der Waals surface area contributed by atoms with Gasteiger partial charge in [-0.1, -0.05) is 58.4 Å². The highest BCUT2D eigenvalue weighted by Gasteiger charge is 2.73. The first-order chi connectivity index (χ1) is 29.8. The van der Waals surface area contributed by atoms with E-state index >= 15 is 4.79 Å². The summed E-state index contributed by atoms with van der Waals surface area (Å²) in [6.07, 6.45) is 11.8. The number of aryl methyl sites for hydroxylation is 1. The summed E-state index contributed by atoms with van der Waals surface area (Å²) in [7, 11) is 1.97. The van der Waals surface area contributed by atoms with E-state index in [1.807, 2.05) is 20.9 Å². The Labute approximate surface area is 376 Å². The van der Waals surface area contributed by atoms with Crippen LogP contribution in [0.4, 0.5) is 0 Å². The molecular formula is C54H75N3O6. The average molecular weight is 862 g/mol. The van der Waals surface area contributed by atoms with Gasteiger partial charge in [0.1, 0.15) is 11.9 Å². The maximum Gasteiger partial charge on any atom is 0.160 e. The molecule has 3 saturated carbocycles. The molecule has 5 heterocycles. The highest BCUT2D eigenvalue weighted by molar-refractivity contribution is 6.10. The summed E-state index contributed by atoms with van der Waals surface area (Å²) in [4.78, 5) is 37.1. The molecule has 9 aliphatic rings. The van der Waals surface area contributed by atoms with Crippen molar-refractivity contribution < 1.29 is 29.3 Å². The van der Waals surface area contributed by atoms with E-state index in [-0.39, 0.29) is 46.5 Å². The van der Waals surface area contributed by atoms with Gasteiger partial charge in [-0.15, -0.1) is 0 Å². The zero-order valence-electron chi connectivity index (χ0n) is 39.7. The number of epoxide rings is 1. The number of nitrogens with one attached hydrogen (secondary N) is 1. The molecule has 4 aliphatic carbocycles. The molecular weight excluding hydrogens is 787 g/mol. The van der Waals surface area contributed by atoms with Gasteiger partial charge >= 0.3 is 0 Å². The van der Waals surface area contributed by atoms with Crippen molar-refractivity contribution in [2.75, 3.05) is 33.4 Å². The van der Waals surface area contributed by atoms with E-state index in [1.54, 1.807) is 0 Å². The van der Waals surface area contributed by atoms with Crippen molar-refractivity contribution in [3.63, 3.8) is 0 Å². The summed E-state index contributed by atoms with van der Waals surface area (Å²) in [6, 6.07) is 7.07. The lowest BCUT2D eigenvalue weighted by molar-refractivity contribution is -0.222. The molecule has 1 unspecified atom stereocenters. The smallest absolute Gasteiger partial charge is 0.160 e. The quantitative estimate of drug-likeness (QED) is 0.212. The number of rotatable bonds is 9. The largest absolute Gasteiger partial charge is 0.392 e. The lowest BCUT2D eigenvalue weighted by Crippen LogP contribution is -2.68. The van der Waals surface area contributed by atoms with Crippen LogP contribution in [0.2, 0.25) is 0 Å². The molecule has 0 spiro atoms. The number of ether oxygens (including phenoxy) is 2. The molecule has 12 atom stereocenters. The first-order valence-corrected chi connectivity index (χ1v) is 24.7. The Morgan fingerprint density at radius 1 is 0.984 bits per heavy atom. The van der Waals surface area contributed by atoms with Crippen molar-refractivity contribution in [1.29, 1.82) is 0 Å². The predicted molar refractivity (Wildman–Crippen MR) is 246 cm³/mol. The molecule has 9 heteroatoms. The van der Waals surface area contributed by atoms with E-state index in [2.05, 4.69) is 82.4 Å². The number of benzene rings is 1. The maximum atomic E-state index is 15.3. The first kappa shape index (κ1) is 43.9. The molecule has 9 nitrogen and oxygen atoms in total. The number of hydrogen-bond donors (Lipinski definition) is 3. The van der Waals surface area contributed by atoms with Crippen LogP contribution in [-0.2, 0) is 25.5 Å². The summed E-state index contributed by atoms with van der Waals surface area (Å²) < 4.78 is 11.8. The van der Waals surface area contributed by atoms with Crippen molar-refractivity contribution in [2.24, 2.45) is 49.8 Å². The Balaban J connectivity index is 1.09. The molecule has 0 amide bonds. The molecule has 0 bridgehead atoms. The van der Waals surface area contributed by atoms with Crippen molar-refractivity contribution in [1.82, 2.24) is 10.2 Å². The third-order valence-corrected chi connectivity index (χ3v) is 19.6. The Hall–Kier alpha value is -2.95. The fraction of sp³-hybridized carbons (Fsp3) is 0.722. The molecule has 5 aliphatic heterocycles. The Morgan fingerprint density at radius 3 is 2.44 bits per heavy atom. The SMILES string of the molecule is CNCC[C@]1(C)C(=O)CC[C@@]2(C)[C@H]1CC[C@@]1(C)[C@H]2[C@H](O)[C@@H]2CN3C=C(Cc4cc(C)cc(C5CCOCC5)c4)C4=NC=C(CC[C@@](C)(C[C@@H](O)[C@@H]5OC5(C)C)C5=C2[C@]1(C)CC5=O)C43. The third kappa shape index (κ3) is 6.57. The Kier molecular flexibility index (Phi) is 10.5. The molecule has 5 fully saturated rings. The second-order valence-corrected chi connectivity index (χ2v) is 23.8. The summed E-state index contributed by atoms with van der Waals surface area (Å²) in [6.45, 7) is 20.9. The number of carbonyl (C=O) groups is 2. The molecule has 342 valence electrons. The van der Waals surface area contributed by atoms with Crippen molar-refractivity contribution in [3.8, 4) is 0 Å². The number of fused-ring (bicyclic) bond motifs is 4. The first-order valence-electron chi connectivity index (χ1n) is 24.7. The summed E-state index contributed by atoms with van der Waals surface area (Å²) >= 11 is 0. The van der Waals surface area contributed by atoms with Crippen LogP contribution in [-0.4, -0.2) is 95.7 Å². The number of aliphatic imine (C=N–C) groups is 1. The number of hydrogen-bond acceptors (Lipinski definition) is 9. The Morgan fingerprint density at radius 2 is 1.73 bits per heavy atom. The zero-order valence-corrected chi connectivity index (χ0v) is 39.7. The Bertz CT molecular complexity index is 2220. The highest BCUT2D eigenvalue weighted by Crippen LogP contribution is 2.76. The van der Waals surface area contributed by atoms with Gasteiger partial charge in [0.25, 0.3) is 0 Å². The van der Waals surface area contributed by atoms with Crippen molar-refractivity contribution in [3.05, 3.63) is 69.6 Å². The topological polar surface area (TPSA) is 124 Å². The second-order valence-electron chi connectivity index (χ2n) is 23.8. The molecule has 63 heavy (non-hydrogen) atoms. The van der Waals surface area contributed by atoms with E-state index < -0.39 is 34.1 Å². The van der Waals surface area contributed by atoms with E-state index in [0.717, 1.165) is 88.0 Å². The van der Waals surface area contributed by atoms with Gasteiger partial charge < -0.3 is 29.9 Å². The minimum Gasteiger partial charge on any atom is -0.392 e. The molecule has 0 aromatic heterocycles. The van der Waals surface area contributed by atoms with Crippen LogP contribution in [0.15, 0.2) is 57.9 Å². The molecule has 10 rings (SSSR count). The van der Waals surface area contributed by atoms with Gasteiger partial charge in [-0.25, -0.2) is 0 Å². The molecule has 1 aromatic carbocycles. The van der Waals surface area contributed by atoms with E-state index in [4.69, 9.17) is 14.5 Å².